The van der Waals surface area contributed by atoms with Gasteiger partial charge in [-0.05, 0) is 44.2 Å². The summed E-state index contributed by atoms with van der Waals surface area (Å²) < 4.78 is 0. The average Bonchev–Trinajstić information content (AvgIpc) is 2.95. The van der Waals surface area contributed by atoms with Gasteiger partial charge in [-0.1, -0.05) is 6.92 Å². The Morgan fingerprint density at radius 3 is 2.84 bits per heavy atom. The first-order chi connectivity index (χ1) is 9.31. The van der Waals surface area contributed by atoms with Gasteiger partial charge in [0.2, 0.25) is 0 Å². The fourth-order valence-corrected chi connectivity index (χ4v) is 3.39. The molecule has 0 atom stereocenters. The van der Waals surface area contributed by atoms with Crippen molar-refractivity contribution in [3.63, 3.8) is 0 Å². The molecule has 0 bridgehead atoms. The Morgan fingerprint density at radius 1 is 1.26 bits per heavy atom. The van der Waals surface area contributed by atoms with Crippen LogP contribution in [0.2, 0.25) is 0 Å². The predicted octanol–water partition coefficient (Wildman–Crippen LogP) is 2.93. The van der Waals surface area contributed by atoms with Gasteiger partial charge in [-0.3, -0.25) is 0 Å². The van der Waals surface area contributed by atoms with Gasteiger partial charge in [0.15, 0.2) is 5.82 Å². The van der Waals surface area contributed by atoms with Crippen molar-refractivity contribution in [2.24, 2.45) is 5.84 Å². The van der Waals surface area contributed by atoms with E-state index in [2.05, 4.69) is 29.5 Å². The highest BCUT2D eigenvalue weighted by molar-refractivity contribution is 7.15. The van der Waals surface area contributed by atoms with E-state index in [-0.39, 0.29) is 0 Å². The van der Waals surface area contributed by atoms with E-state index in [4.69, 9.17) is 10.8 Å². The predicted molar refractivity (Wildman–Crippen MR) is 79.2 cm³/mol. The van der Waals surface area contributed by atoms with Crippen LogP contribution < -0.4 is 11.3 Å². The molecule has 0 saturated heterocycles. The number of hydrogen-bond acceptors (Lipinski definition) is 5. The fraction of sp³-hybridized carbons (Fsp3) is 0.429. The van der Waals surface area contributed by atoms with Crippen molar-refractivity contribution in [2.45, 2.75) is 39.0 Å². The summed E-state index contributed by atoms with van der Waals surface area (Å²) in [6.45, 7) is 2.16. The monoisotopic (exact) mass is 274 g/mol. The summed E-state index contributed by atoms with van der Waals surface area (Å²) in [4.78, 5) is 11.8. The molecular weight excluding hydrogens is 256 g/mol. The molecule has 0 fully saturated rings. The van der Waals surface area contributed by atoms with Gasteiger partial charge in [0.1, 0.15) is 5.82 Å². The second-order valence-corrected chi connectivity index (χ2v) is 5.96. The molecule has 0 radical (unpaired) electrons. The molecule has 19 heavy (non-hydrogen) atoms. The van der Waals surface area contributed by atoms with Crippen LogP contribution in [0.4, 0.5) is 5.82 Å². The summed E-state index contributed by atoms with van der Waals surface area (Å²) in [5.41, 5.74) is 5.10. The van der Waals surface area contributed by atoms with E-state index < -0.39 is 0 Å². The number of nitrogens with one attached hydrogen (secondary N) is 1. The normalized spacial score (nSPS) is 14.2. The molecule has 1 aliphatic carbocycles. The average molecular weight is 274 g/mol. The zero-order valence-corrected chi connectivity index (χ0v) is 11.9. The Kier molecular flexibility index (Phi) is 3.48. The lowest BCUT2D eigenvalue weighted by Gasteiger charge is -2.18. The van der Waals surface area contributed by atoms with Gasteiger partial charge in [-0.25, -0.2) is 15.8 Å². The first-order valence-electron chi connectivity index (χ1n) is 6.77. The number of rotatable bonds is 3. The van der Waals surface area contributed by atoms with Crippen molar-refractivity contribution in [3.8, 4) is 10.7 Å². The van der Waals surface area contributed by atoms with E-state index in [1.807, 2.05) is 0 Å². The highest BCUT2D eigenvalue weighted by Gasteiger charge is 2.18. The number of anilines is 1. The van der Waals surface area contributed by atoms with Crippen LogP contribution in [-0.4, -0.2) is 9.97 Å². The van der Waals surface area contributed by atoms with Gasteiger partial charge < -0.3 is 5.43 Å². The molecule has 0 aliphatic heterocycles. The van der Waals surface area contributed by atoms with Crippen LogP contribution in [0.5, 0.6) is 0 Å². The second kappa shape index (κ2) is 5.27. The van der Waals surface area contributed by atoms with Crippen LogP contribution in [0.15, 0.2) is 12.1 Å². The summed E-state index contributed by atoms with van der Waals surface area (Å²) in [5.74, 6) is 7.22. The Bertz CT molecular complexity index is 574. The van der Waals surface area contributed by atoms with Gasteiger partial charge in [0, 0.05) is 16.1 Å². The summed E-state index contributed by atoms with van der Waals surface area (Å²) >= 11 is 1.76. The standard InChI is InChI=1S/C14H18N4S/c1-2-9-7-8-12(19-9)14-16-11-6-4-3-5-10(11)13(17-14)18-15/h7-8H,2-6,15H2,1H3,(H,16,17,18). The van der Waals surface area contributed by atoms with Crippen LogP contribution in [0, 0.1) is 0 Å². The third-order valence-electron chi connectivity index (χ3n) is 3.55. The Hall–Kier alpha value is -1.46. The third-order valence-corrected chi connectivity index (χ3v) is 4.78. The topological polar surface area (TPSA) is 63.8 Å². The van der Waals surface area contributed by atoms with Gasteiger partial charge >= 0.3 is 0 Å². The molecule has 3 N–H and O–H groups in total. The highest BCUT2D eigenvalue weighted by Crippen LogP contribution is 2.31. The molecule has 2 aromatic rings. The zero-order chi connectivity index (χ0) is 13.2. The minimum atomic E-state index is 0.797. The van der Waals surface area contributed by atoms with Crippen LogP contribution in [0.3, 0.4) is 0 Å². The van der Waals surface area contributed by atoms with Gasteiger partial charge in [-0.2, -0.15) is 0 Å². The van der Waals surface area contributed by atoms with Gasteiger partial charge in [-0.15, -0.1) is 11.3 Å². The smallest absolute Gasteiger partial charge is 0.171 e. The van der Waals surface area contributed by atoms with Crippen molar-refractivity contribution < 1.29 is 0 Å². The summed E-state index contributed by atoms with van der Waals surface area (Å²) in [6.07, 6.45) is 5.52. The zero-order valence-electron chi connectivity index (χ0n) is 11.1. The Morgan fingerprint density at radius 2 is 2.11 bits per heavy atom. The van der Waals surface area contributed by atoms with E-state index in [0.29, 0.717) is 0 Å². The maximum atomic E-state index is 5.62. The van der Waals surface area contributed by atoms with E-state index in [0.717, 1.165) is 41.5 Å². The quantitative estimate of drug-likeness (QED) is 0.667. The van der Waals surface area contributed by atoms with E-state index in [1.54, 1.807) is 11.3 Å². The lowest BCUT2D eigenvalue weighted by Crippen LogP contribution is -2.16. The maximum Gasteiger partial charge on any atom is 0.171 e. The first-order valence-corrected chi connectivity index (χ1v) is 7.59. The molecule has 0 spiro atoms. The van der Waals surface area contributed by atoms with Crippen LogP contribution in [-0.2, 0) is 19.3 Å². The molecule has 0 saturated carbocycles. The van der Waals surface area contributed by atoms with Crippen molar-refractivity contribution in [1.82, 2.24) is 9.97 Å². The maximum absolute atomic E-state index is 5.62. The number of fused-ring (bicyclic) bond motifs is 1. The van der Waals surface area contributed by atoms with Crippen molar-refractivity contribution in [2.75, 3.05) is 5.43 Å². The largest absolute Gasteiger partial charge is 0.308 e. The summed E-state index contributed by atoms with van der Waals surface area (Å²) in [7, 11) is 0. The number of nitrogens with zero attached hydrogens (tertiary/aromatic N) is 2. The minimum absolute atomic E-state index is 0.797. The van der Waals surface area contributed by atoms with Crippen LogP contribution in [0.1, 0.15) is 35.9 Å². The number of hydrazine groups is 1. The molecule has 0 aromatic carbocycles. The first kappa shape index (κ1) is 12.6. The number of nitrogens with two attached hydrogens (primary N) is 1. The lowest BCUT2D eigenvalue weighted by atomic mass is 9.96. The number of aromatic nitrogens is 2. The molecule has 0 unspecified atom stereocenters. The van der Waals surface area contributed by atoms with Crippen LogP contribution >= 0.6 is 11.3 Å². The summed E-state index contributed by atoms with van der Waals surface area (Å²) in [5, 5.41) is 0. The number of nitrogen functional groups attached to an aromatic ring is 1. The fourth-order valence-electron chi connectivity index (χ4n) is 2.51. The van der Waals surface area contributed by atoms with Gasteiger partial charge in [0.05, 0.1) is 4.88 Å². The second-order valence-electron chi connectivity index (χ2n) is 4.79. The number of thiophene rings is 1. The lowest BCUT2D eigenvalue weighted by molar-refractivity contribution is 0.665. The SMILES string of the molecule is CCc1ccc(-c2nc3c(c(NN)n2)CCCC3)s1. The van der Waals surface area contributed by atoms with E-state index in [9.17, 15) is 0 Å². The minimum Gasteiger partial charge on any atom is -0.308 e. The van der Waals surface area contributed by atoms with Crippen LogP contribution in [0.25, 0.3) is 10.7 Å². The van der Waals surface area contributed by atoms with Gasteiger partial charge in [0.25, 0.3) is 0 Å². The van der Waals surface area contributed by atoms with Crippen molar-refractivity contribution in [3.05, 3.63) is 28.3 Å². The molecule has 2 heterocycles. The van der Waals surface area contributed by atoms with Crippen molar-refractivity contribution in [1.29, 1.82) is 0 Å². The molecule has 1 aliphatic rings. The number of aryl methyl sites for hydroxylation is 2. The molecule has 2 aromatic heterocycles. The van der Waals surface area contributed by atoms with E-state index in [1.165, 1.54) is 23.3 Å². The highest BCUT2D eigenvalue weighted by atomic mass is 32.1. The Labute approximate surface area is 117 Å². The molecule has 5 heteroatoms. The molecule has 0 amide bonds. The number of hydrogen-bond donors (Lipinski definition) is 2. The third kappa shape index (κ3) is 2.35. The van der Waals surface area contributed by atoms with Crippen molar-refractivity contribution >= 4 is 17.2 Å². The van der Waals surface area contributed by atoms with E-state index >= 15 is 0 Å². The molecule has 3 rings (SSSR count). The molecular formula is C14H18N4S. The Balaban J connectivity index is 2.06. The molecule has 100 valence electrons. The summed E-state index contributed by atoms with van der Waals surface area (Å²) in [6, 6.07) is 4.26. The molecule has 4 nitrogen and oxygen atoms in total.